The first-order valence-electron chi connectivity index (χ1n) is 8.57. The van der Waals surface area contributed by atoms with Gasteiger partial charge in [-0.15, -0.1) is 4.83 Å². The molecule has 148 valence electrons. The third-order valence-corrected chi connectivity index (χ3v) is 5.69. The highest BCUT2D eigenvalue weighted by Gasteiger charge is 2.24. The normalized spacial score (nSPS) is 11.7. The molecule has 1 heterocycles. The lowest BCUT2D eigenvalue weighted by Crippen LogP contribution is -2.44. The van der Waals surface area contributed by atoms with E-state index in [1.807, 2.05) is 39.0 Å². The minimum absolute atomic E-state index is 0.0481. The predicted octanol–water partition coefficient (Wildman–Crippen LogP) is 1.86. The molecule has 0 aliphatic rings. The molecule has 0 spiro atoms. The van der Waals surface area contributed by atoms with Crippen LogP contribution >= 0.6 is 0 Å². The van der Waals surface area contributed by atoms with Gasteiger partial charge >= 0.3 is 0 Å². The molecular formula is C18H26N4O4S. The maximum Gasteiger partial charge on any atom is 0.272 e. The minimum atomic E-state index is -3.93. The van der Waals surface area contributed by atoms with Crippen LogP contribution in [0.25, 0.3) is 0 Å². The number of rotatable bonds is 7. The summed E-state index contributed by atoms with van der Waals surface area (Å²) in [5.41, 5.74) is 5.01. The zero-order chi connectivity index (χ0) is 20.4. The predicted molar refractivity (Wildman–Crippen MR) is 102 cm³/mol. The van der Waals surface area contributed by atoms with E-state index in [0.29, 0.717) is 17.1 Å². The van der Waals surface area contributed by atoms with Crippen LogP contribution in [-0.2, 0) is 21.9 Å². The Morgan fingerprint density at radius 2 is 1.93 bits per heavy atom. The molecule has 1 amide bonds. The number of hydrogen-bond acceptors (Lipinski definition) is 5. The van der Waals surface area contributed by atoms with E-state index >= 15 is 0 Å². The second kappa shape index (κ2) is 8.10. The molecule has 0 aliphatic heterocycles. The Morgan fingerprint density at radius 1 is 1.26 bits per heavy atom. The molecule has 9 heteroatoms. The zero-order valence-electron chi connectivity index (χ0n) is 16.5. The highest BCUT2D eigenvalue weighted by molar-refractivity contribution is 7.89. The molecule has 0 fully saturated rings. The van der Waals surface area contributed by atoms with Gasteiger partial charge in [-0.1, -0.05) is 26.0 Å². The molecule has 0 saturated heterocycles. The molecule has 0 aliphatic carbocycles. The summed E-state index contributed by atoms with van der Waals surface area (Å²) >= 11 is 0. The van der Waals surface area contributed by atoms with Crippen LogP contribution in [0.1, 0.15) is 42.3 Å². The monoisotopic (exact) mass is 394 g/mol. The maximum atomic E-state index is 12.4. The summed E-state index contributed by atoms with van der Waals surface area (Å²) in [6, 6.07) is 5.80. The molecule has 0 saturated carbocycles. The Labute approximate surface area is 159 Å². The van der Waals surface area contributed by atoms with E-state index < -0.39 is 15.9 Å². The number of nitrogens with one attached hydrogen (secondary N) is 2. The van der Waals surface area contributed by atoms with E-state index in [0.717, 1.165) is 11.1 Å². The number of hydrogen-bond donors (Lipinski definition) is 2. The first-order chi connectivity index (χ1) is 12.5. The molecule has 27 heavy (non-hydrogen) atoms. The third-order valence-electron chi connectivity index (χ3n) is 4.19. The number of sulfonamides is 1. The lowest BCUT2D eigenvalue weighted by atomic mass is 10.0. The van der Waals surface area contributed by atoms with Crippen LogP contribution in [0.15, 0.2) is 23.1 Å². The van der Waals surface area contributed by atoms with Gasteiger partial charge in [-0.25, -0.2) is 8.42 Å². The van der Waals surface area contributed by atoms with Crippen molar-refractivity contribution in [3.8, 4) is 5.75 Å². The Morgan fingerprint density at radius 3 is 2.48 bits per heavy atom. The number of benzene rings is 1. The van der Waals surface area contributed by atoms with Crippen molar-refractivity contribution in [3.63, 3.8) is 0 Å². The number of aromatic nitrogens is 2. The van der Waals surface area contributed by atoms with Crippen LogP contribution in [0.3, 0.4) is 0 Å². The molecule has 2 rings (SSSR count). The summed E-state index contributed by atoms with van der Waals surface area (Å²) in [6.45, 7) is 8.93. The van der Waals surface area contributed by atoms with Crippen molar-refractivity contribution in [1.29, 1.82) is 0 Å². The van der Waals surface area contributed by atoms with Crippen LogP contribution in [0, 0.1) is 20.8 Å². The van der Waals surface area contributed by atoms with Gasteiger partial charge in [-0.3, -0.25) is 14.9 Å². The van der Waals surface area contributed by atoms with Gasteiger partial charge in [0.15, 0.2) is 6.61 Å². The Kier molecular flexibility index (Phi) is 6.27. The maximum absolute atomic E-state index is 12.4. The number of aryl methyl sites for hydroxylation is 3. The van der Waals surface area contributed by atoms with Crippen molar-refractivity contribution >= 4 is 15.9 Å². The topological polar surface area (TPSA) is 102 Å². The molecule has 0 unspecified atom stereocenters. The molecule has 0 radical (unpaired) electrons. The molecular weight excluding hydrogens is 368 g/mol. The lowest BCUT2D eigenvalue weighted by Gasteiger charge is -2.15. The standard InChI is InChI=1S/C18H26N4O4S/c1-11(2)15-8-7-12(3)9-16(15)26-10-17(23)19-21-27(24,25)18-13(4)20-22(6)14(18)5/h7-9,11,21H,10H2,1-6H3,(H,19,23). The van der Waals surface area contributed by atoms with Gasteiger partial charge in [-0.05, 0) is 43.9 Å². The first kappa shape index (κ1) is 20.9. The smallest absolute Gasteiger partial charge is 0.272 e. The third kappa shape index (κ3) is 4.86. The van der Waals surface area contributed by atoms with Crippen molar-refractivity contribution in [2.75, 3.05) is 6.61 Å². The highest BCUT2D eigenvalue weighted by Crippen LogP contribution is 2.27. The minimum Gasteiger partial charge on any atom is -0.483 e. The van der Waals surface area contributed by atoms with Gasteiger partial charge in [-0.2, -0.15) is 5.10 Å². The fourth-order valence-electron chi connectivity index (χ4n) is 2.74. The van der Waals surface area contributed by atoms with E-state index in [9.17, 15) is 13.2 Å². The summed E-state index contributed by atoms with van der Waals surface area (Å²) in [7, 11) is -2.27. The number of ether oxygens (including phenoxy) is 1. The van der Waals surface area contributed by atoms with Crippen molar-refractivity contribution in [2.45, 2.75) is 45.4 Å². The number of nitrogens with zero attached hydrogens (tertiary/aromatic N) is 2. The summed E-state index contributed by atoms with van der Waals surface area (Å²) < 4.78 is 31.9. The van der Waals surface area contributed by atoms with E-state index in [2.05, 4.69) is 15.4 Å². The fourth-order valence-corrected chi connectivity index (χ4v) is 4.04. The van der Waals surface area contributed by atoms with Crippen LogP contribution in [0.5, 0.6) is 5.75 Å². The lowest BCUT2D eigenvalue weighted by molar-refractivity contribution is -0.123. The number of amides is 1. The molecule has 2 aromatic rings. The molecule has 0 bridgehead atoms. The quantitative estimate of drug-likeness (QED) is 0.698. The van der Waals surface area contributed by atoms with Crippen LogP contribution in [-0.4, -0.2) is 30.7 Å². The van der Waals surface area contributed by atoms with Crippen LogP contribution in [0.4, 0.5) is 0 Å². The van der Waals surface area contributed by atoms with E-state index in [4.69, 9.17) is 4.74 Å². The van der Waals surface area contributed by atoms with Crippen molar-refractivity contribution < 1.29 is 17.9 Å². The van der Waals surface area contributed by atoms with Crippen molar-refractivity contribution in [1.82, 2.24) is 20.0 Å². The summed E-state index contributed by atoms with van der Waals surface area (Å²) in [6.07, 6.45) is 0. The summed E-state index contributed by atoms with van der Waals surface area (Å²) in [4.78, 5) is 14.2. The van der Waals surface area contributed by atoms with Gasteiger partial charge in [0.05, 0.1) is 11.4 Å². The molecule has 1 aromatic heterocycles. The van der Waals surface area contributed by atoms with E-state index in [-0.39, 0.29) is 17.4 Å². The van der Waals surface area contributed by atoms with Gasteiger partial charge in [0.2, 0.25) is 0 Å². The van der Waals surface area contributed by atoms with Crippen molar-refractivity contribution in [3.05, 3.63) is 40.7 Å². The number of carbonyl (C=O) groups is 1. The largest absolute Gasteiger partial charge is 0.483 e. The average Bonchev–Trinajstić information content (AvgIpc) is 2.83. The summed E-state index contributed by atoms with van der Waals surface area (Å²) in [5.74, 6) is 0.245. The zero-order valence-corrected chi connectivity index (χ0v) is 17.3. The average molecular weight is 394 g/mol. The van der Waals surface area contributed by atoms with Gasteiger partial charge in [0, 0.05) is 7.05 Å². The number of carbonyl (C=O) groups excluding carboxylic acids is 1. The van der Waals surface area contributed by atoms with E-state index in [1.54, 1.807) is 20.9 Å². The van der Waals surface area contributed by atoms with E-state index in [1.165, 1.54) is 4.68 Å². The highest BCUT2D eigenvalue weighted by atomic mass is 32.2. The summed E-state index contributed by atoms with van der Waals surface area (Å²) in [5, 5.41) is 4.07. The van der Waals surface area contributed by atoms with Gasteiger partial charge in [0.1, 0.15) is 10.6 Å². The number of hydrazine groups is 1. The molecule has 8 nitrogen and oxygen atoms in total. The molecule has 2 N–H and O–H groups in total. The Bertz CT molecular complexity index is 949. The van der Waals surface area contributed by atoms with Gasteiger partial charge in [0.25, 0.3) is 15.9 Å². The fraction of sp³-hybridized carbons (Fsp3) is 0.444. The van der Waals surface area contributed by atoms with Gasteiger partial charge < -0.3 is 4.74 Å². The van der Waals surface area contributed by atoms with Crippen molar-refractivity contribution in [2.24, 2.45) is 7.05 Å². The second-order valence-corrected chi connectivity index (χ2v) is 8.38. The molecule has 0 atom stereocenters. The first-order valence-corrected chi connectivity index (χ1v) is 10.1. The van der Waals surface area contributed by atoms with Crippen LogP contribution in [0.2, 0.25) is 0 Å². The van der Waals surface area contributed by atoms with Crippen LogP contribution < -0.4 is 15.0 Å². The molecule has 1 aromatic carbocycles. The SMILES string of the molecule is Cc1ccc(C(C)C)c(OCC(=O)NNS(=O)(=O)c2c(C)nn(C)c2C)c1. The Hall–Kier alpha value is -2.39. The second-order valence-electron chi connectivity index (χ2n) is 6.76. The Balaban J connectivity index is 2.02.